The van der Waals surface area contributed by atoms with Gasteiger partial charge in [0, 0.05) is 28.0 Å². The Kier molecular flexibility index (Phi) is 5.01. The van der Waals surface area contributed by atoms with Crippen LogP contribution in [-0.4, -0.2) is 22.3 Å². The Bertz CT molecular complexity index is 739. The number of amides is 2. The number of hydrogen-bond donors (Lipinski definition) is 2. The van der Waals surface area contributed by atoms with Crippen LogP contribution in [0.1, 0.15) is 41.6 Å². The van der Waals surface area contributed by atoms with E-state index >= 15 is 0 Å². The van der Waals surface area contributed by atoms with Gasteiger partial charge in [-0.2, -0.15) is 0 Å². The molecule has 0 saturated heterocycles. The molecule has 0 atom stereocenters. The molecule has 0 aliphatic carbocycles. The van der Waals surface area contributed by atoms with Gasteiger partial charge in [0.1, 0.15) is 5.69 Å². The molecule has 0 spiro atoms. The van der Waals surface area contributed by atoms with Gasteiger partial charge in [-0.25, -0.2) is 0 Å². The molecular formula is C17H18ClN3O2. The van der Waals surface area contributed by atoms with Crippen LogP contribution in [-0.2, 0) is 0 Å². The van der Waals surface area contributed by atoms with Crippen LogP contribution in [0.15, 0.2) is 42.6 Å². The lowest BCUT2D eigenvalue weighted by atomic mass is 10.1. The van der Waals surface area contributed by atoms with Gasteiger partial charge in [0.2, 0.25) is 0 Å². The quantitative estimate of drug-likeness (QED) is 0.904. The molecule has 0 aliphatic heterocycles. The van der Waals surface area contributed by atoms with Crippen molar-refractivity contribution in [1.82, 2.24) is 10.3 Å². The summed E-state index contributed by atoms with van der Waals surface area (Å²) >= 11 is 5.89. The van der Waals surface area contributed by atoms with Crippen LogP contribution >= 0.6 is 11.6 Å². The lowest BCUT2D eigenvalue weighted by Crippen LogP contribution is -2.41. The Labute approximate surface area is 140 Å². The van der Waals surface area contributed by atoms with Crippen LogP contribution < -0.4 is 10.6 Å². The number of pyridine rings is 1. The molecule has 1 heterocycles. The molecule has 2 rings (SSSR count). The molecule has 23 heavy (non-hydrogen) atoms. The van der Waals surface area contributed by atoms with Gasteiger partial charge in [-0.1, -0.05) is 17.7 Å². The van der Waals surface area contributed by atoms with Crippen LogP contribution in [0.4, 0.5) is 5.69 Å². The minimum absolute atomic E-state index is 0.193. The molecule has 1 aromatic carbocycles. The number of halogens is 1. The molecule has 0 fully saturated rings. The first kappa shape index (κ1) is 17.0. The van der Waals surface area contributed by atoms with E-state index in [2.05, 4.69) is 15.6 Å². The molecule has 0 radical (unpaired) electrons. The van der Waals surface area contributed by atoms with Crippen molar-refractivity contribution in [3.05, 3.63) is 58.9 Å². The molecule has 5 nitrogen and oxygen atoms in total. The largest absolute Gasteiger partial charge is 0.346 e. The summed E-state index contributed by atoms with van der Waals surface area (Å²) in [5.41, 5.74) is 0.746. The van der Waals surface area contributed by atoms with E-state index in [9.17, 15) is 9.59 Å². The fourth-order valence-corrected chi connectivity index (χ4v) is 2.06. The lowest BCUT2D eigenvalue weighted by molar-refractivity contribution is 0.0914. The van der Waals surface area contributed by atoms with Crippen molar-refractivity contribution in [3.8, 4) is 0 Å². The molecule has 6 heteroatoms. The highest BCUT2D eigenvalue weighted by molar-refractivity contribution is 6.31. The maximum absolute atomic E-state index is 12.3. The molecule has 0 saturated carbocycles. The minimum Gasteiger partial charge on any atom is -0.346 e. The van der Waals surface area contributed by atoms with E-state index in [4.69, 9.17) is 11.6 Å². The van der Waals surface area contributed by atoms with Gasteiger partial charge in [-0.3, -0.25) is 14.6 Å². The maximum atomic E-state index is 12.3. The molecule has 120 valence electrons. The van der Waals surface area contributed by atoms with E-state index in [0.717, 1.165) is 0 Å². The average Bonchev–Trinajstić information content (AvgIpc) is 2.45. The third-order valence-electron chi connectivity index (χ3n) is 2.83. The second-order valence-corrected chi connectivity index (χ2v) is 6.53. The molecule has 1 aromatic heterocycles. The fraction of sp³-hybridized carbons (Fsp3) is 0.235. The van der Waals surface area contributed by atoms with Gasteiger partial charge in [-0.05, 0) is 51.1 Å². The number of nitrogens with one attached hydrogen (secondary N) is 2. The highest BCUT2D eigenvalue weighted by Gasteiger charge is 2.17. The van der Waals surface area contributed by atoms with Gasteiger partial charge < -0.3 is 10.6 Å². The highest BCUT2D eigenvalue weighted by atomic mass is 35.5. The summed E-state index contributed by atoms with van der Waals surface area (Å²) in [4.78, 5) is 28.4. The monoisotopic (exact) mass is 331 g/mol. The Morgan fingerprint density at radius 2 is 1.83 bits per heavy atom. The summed E-state index contributed by atoms with van der Waals surface area (Å²) in [5, 5.41) is 6.07. The number of carbonyl (C=O) groups excluding carboxylic acids is 2. The Morgan fingerprint density at radius 3 is 2.48 bits per heavy atom. The molecule has 0 unspecified atom stereocenters. The number of benzene rings is 1. The second kappa shape index (κ2) is 6.79. The first-order chi connectivity index (χ1) is 10.7. The van der Waals surface area contributed by atoms with Crippen LogP contribution in [0.25, 0.3) is 0 Å². The Hall–Kier alpha value is -2.40. The summed E-state index contributed by atoms with van der Waals surface area (Å²) in [6.45, 7) is 5.63. The van der Waals surface area contributed by atoms with Crippen LogP contribution in [0.3, 0.4) is 0 Å². The third kappa shape index (κ3) is 5.07. The zero-order chi connectivity index (χ0) is 17.0. The molecule has 2 amide bonds. The predicted octanol–water partition coefficient (Wildman–Crippen LogP) is 3.52. The minimum atomic E-state index is -0.377. The maximum Gasteiger partial charge on any atom is 0.270 e. The number of hydrogen-bond acceptors (Lipinski definition) is 3. The first-order valence-electron chi connectivity index (χ1n) is 7.10. The van der Waals surface area contributed by atoms with Gasteiger partial charge in [-0.15, -0.1) is 0 Å². The van der Waals surface area contributed by atoms with E-state index in [0.29, 0.717) is 16.3 Å². The van der Waals surface area contributed by atoms with Crippen molar-refractivity contribution in [3.63, 3.8) is 0 Å². The van der Waals surface area contributed by atoms with Crippen LogP contribution in [0.2, 0.25) is 5.02 Å². The first-order valence-corrected chi connectivity index (χ1v) is 7.48. The van der Waals surface area contributed by atoms with Crippen molar-refractivity contribution < 1.29 is 9.59 Å². The van der Waals surface area contributed by atoms with Crippen LogP contribution in [0.5, 0.6) is 0 Å². The topological polar surface area (TPSA) is 71.1 Å². The van der Waals surface area contributed by atoms with Gasteiger partial charge in [0.25, 0.3) is 11.8 Å². The van der Waals surface area contributed by atoms with Gasteiger partial charge in [0.15, 0.2) is 0 Å². The van der Waals surface area contributed by atoms with E-state index < -0.39 is 0 Å². The zero-order valence-electron chi connectivity index (χ0n) is 13.2. The van der Waals surface area contributed by atoms with Gasteiger partial charge in [0.05, 0.1) is 0 Å². The SMILES string of the molecule is CC(C)(C)NC(=O)c1cc(C(=O)Nc2cccc(Cl)c2)ccn1. The van der Waals surface area contributed by atoms with E-state index in [1.807, 2.05) is 20.8 Å². The third-order valence-corrected chi connectivity index (χ3v) is 3.06. The smallest absolute Gasteiger partial charge is 0.270 e. The van der Waals surface area contributed by atoms with Crippen molar-refractivity contribution >= 4 is 29.1 Å². The Morgan fingerprint density at radius 1 is 1.09 bits per heavy atom. The summed E-state index contributed by atoms with van der Waals surface area (Å²) in [5.74, 6) is -0.658. The second-order valence-electron chi connectivity index (χ2n) is 6.10. The summed E-state index contributed by atoms with van der Waals surface area (Å²) in [6.07, 6.45) is 1.43. The van der Waals surface area contributed by atoms with Gasteiger partial charge >= 0.3 is 0 Å². The Balaban J connectivity index is 2.16. The van der Waals surface area contributed by atoms with Crippen molar-refractivity contribution in [2.24, 2.45) is 0 Å². The molecule has 2 aromatic rings. The number of carbonyl (C=O) groups is 2. The highest BCUT2D eigenvalue weighted by Crippen LogP contribution is 2.16. The van der Waals surface area contributed by atoms with Crippen LogP contribution in [0, 0.1) is 0 Å². The molecule has 2 N–H and O–H groups in total. The molecular weight excluding hydrogens is 314 g/mol. The fourth-order valence-electron chi connectivity index (χ4n) is 1.87. The number of anilines is 1. The van der Waals surface area contributed by atoms with E-state index in [1.54, 1.807) is 30.3 Å². The van der Waals surface area contributed by atoms with E-state index in [-0.39, 0.29) is 23.0 Å². The normalized spacial score (nSPS) is 11.0. The van der Waals surface area contributed by atoms with Crippen molar-refractivity contribution in [2.75, 3.05) is 5.32 Å². The molecule has 0 bridgehead atoms. The van der Waals surface area contributed by atoms with Crippen molar-refractivity contribution in [1.29, 1.82) is 0 Å². The standard InChI is InChI=1S/C17H18ClN3O2/c1-17(2,3)21-16(23)14-9-11(7-8-19-14)15(22)20-13-6-4-5-12(18)10-13/h4-10H,1-3H3,(H,20,22)(H,21,23). The van der Waals surface area contributed by atoms with Crippen molar-refractivity contribution in [2.45, 2.75) is 26.3 Å². The number of nitrogens with zero attached hydrogens (tertiary/aromatic N) is 1. The molecule has 0 aliphatic rings. The predicted molar refractivity (Wildman–Crippen MR) is 90.9 cm³/mol. The average molecular weight is 332 g/mol. The summed E-state index contributed by atoms with van der Waals surface area (Å²) < 4.78 is 0. The number of rotatable bonds is 3. The lowest BCUT2D eigenvalue weighted by Gasteiger charge is -2.20. The number of aromatic nitrogens is 1. The van der Waals surface area contributed by atoms with E-state index in [1.165, 1.54) is 12.3 Å². The summed E-state index contributed by atoms with van der Waals surface area (Å²) in [7, 11) is 0. The zero-order valence-corrected chi connectivity index (χ0v) is 13.9. The summed E-state index contributed by atoms with van der Waals surface area (Å²) in [6, 6.07) is 9.85.